The first kappa shape index (κ1) is 15.1. The highest BCUT2D eigenvalue weighted by Crippen LogP contribution is 2.38. The van der Waals surface area contributed by atoms with E-state index in [0.717, 1.165) is 5.56 Å². The second kappa shape index (κ2) is 5.12. The quantitative estimate of drug-likeness (QED) is 0.852. The zero-order chi connectivity index (χ0) is 16.8. The van der Waals surface area contributed by atoms with Gasteiger partial charge in [-0.15, -0.1) is 0 Å². The Bertz CT molecular complexity index is 798. The van der Waals surface area contributed by atoms with Crippen molar-refractivity contribution in [2.24, 2.45) is 7.05 Å². The molecule has 2 heterocycles. The lowest BCUT2D eigenvalue weighted by Crippen LogP contribution is -2.59. The Morgan fingerprint density at radius 1 is 1.35 bits per heavy atom. The van der Waals surface area contributed by atoms with Crippen LogP contribution in [0.4, 0.5) is 11.4 Å². The van der Waals surface area contributed by atoms with Crippen molar-refractivity contribution in [3.8, 4) is 5.75 Å². The molecule has 0 saturated heterocycles. The number of amides is 2. The zero-order valence-electron chi connectivity index (χ0n) is 13.5. The Morgan fingerprint density at radius 2 is 2.09 bits per heavy atom. The third-order valence-corrected chi connectivity index (χ3v) is 3.90. The second-order valence-corrected chi connectivity index (χ2v) is 5.83. The maximum absolute atomic E-state index is 12.7. The standard InChI is InChI=1S/C16H18N4O3/c1-10-5-6-13-12(7-10)20(4)15(22)16(2,23-13)14(21)18-11-8-17-19(3)9-11/h5-9H,1-4H3,(H,18,21). The van der Waals surface area contributed by atoms with E-state index in [1.165, 1.54) is 18.0 Å². The van der Waals surface area contributed by atoms with Crippen molar-refractivity contribution in [1.82, 2.24) is 9.78 Å². The molecule has 0 fully saturated rings. The van der Waals surface area contributed by atoms with E-state index in [4.69, 9.17) is 4.74 Å². The van der Waals surface area contributed by atoms with Crippen molar-refractivity contribution >= 4 is 23.2 Å². The Balaban J connectivity index is 1.93. The number of carbonyl (C=O) groups excluding carboxylic acids is 2. The number of anilines is 2. The van der Waals surface area contributed by atoms with E-state index in [2.05, 4.69) is 10.4 Å². The summed E-state index contributed by atoms with van der Waals surface area (Å²) in [6, 6.07) is 5.50. The normalized spacial score (nSPS) is 20.0. The average Bonchev–Trinajstić information content (AvgIpc) is 2.91. The molecule has 1 aliphatic heterocycles. The van der Waals surface area contributed by atoms with Gasteiger partial charge in [0.15, 0.2) is 0 Å². The fourth-order valence-electron chi connectivity index (χ4n) is 2.55. The van der Waals surface area contributed by atoms with Gasteiger partial charge in [0.05, 0.1) is 17.6 Å². The molecular weight excluding hydrogens is 296 g/mol. The van der Waals surface area contributed by atoms with E-state index in [1.54, 1.807) is 31.0 Å². The molecular formula is C16H18N4O3. The van der Waals surface area contributed by atoms with Gasteiger partial charge in [0.25, 0.3) is 17.4 Å². The fourth-order valence-corrected chi connectivity index (χ4v) is 2.55. The molecule has 3 rings (SSSR count). The minimum Gasteiger partial charge on any atom is -0.465 e. The van der Waals surface area contributed by atoms with Crippen LogP contribution in [0.25, 0.3) is 0 Å². The number of rotatable bonds is 2. The topological polar surface area (TPSA) is 76.5 Å². The molecule has 120 valence electrons. The monoisotopic (exact) mass is 314 g/mol. The molecule has 1 N–H and O–H groups in total. The number of ether oxygens (including phenoxy) is 1. The molecule has 23 heavy (non-hydrogen) atoms. The number of carbonyl (C=O) groups is 2. The Labute approximate surface area is 133 Å². The molecule has 1 aromatic heterocycles. The van der Waals surface area contributed by atoms with Gasteiger partial charge >= 0.3 is 0 Å². The van der Waals surface area contributed by atoms with Crippen molar-refractivity contribution in [2.75, 3.05) is 17.3 Å². The van der Waals surface area contributed by atoms with Crippen molar-refractivity contribution in [3.63, 3.8) is 0 Å². The van der Waals surface area contributed by atoms with Crippen LogP contribution in [0.5, 0.6) is 5.75 Å². The minimum atomic E-state index is -1.63. The molecule has 7 heteroatoms. The van der Waals surface area contributed by atoms with Gasteiger partial charge in [0.2, 0.25) is 0 Å². The van der Waals surface area contributed by atoms with Gasteiger partial charge in [-0.05, 0) is 31.5 Å². The summed E-state index contributed by atoms with van der Waals surface area (Å²) in [5.74, 6) is -0.452. The lowest BCUT2D eigenvalue weighted by molar-refractivity contribution is -0.144. The number of nitrogens with one attached hydrogen (secondary N) is 1. The van der Waals surface area contributed by atoms with Crippen LogP contribution in [-0.2, 0) is 16.6 Å². The van der Waals surface area contributed by atoms with Crippen LogP contribution in [0, 0.1) is 6.92 Å². The smallest absolute Gasteiger partial charge is 0.280 e. The molecule has 1 atom stereocenters. The molecule has 0 bridgehead atoms. The predicted molar refractivity (Wildman–Crippen MR) is 85.5 cm³/mol. The van der Waals surface area contributed by atoms with Gasteiger partial charge in [-0.25, -0.2) is 0 Å². The zero-order valence-corrected chi connectivity index (χ0v) is 13.5. The van der Waals surface area contributed by atoms with Gasteiger partial charge in [-0.2, -0.15) is 5.10 Å². The van der Waals surface area contributed by atoms with Crippen LogP contribution in [0.1, 0.15) is 12.5 Å². The number of likely N-dealkylation sites (N-methyl/N-ethyl adjacent to an activating group) is 1. The molecule has 0 radical (unpaired) electrons. The van der Waals surface area contributed by atoms with Gasteiger partial charge in [-0.3, -0.25) is 14.3 Å². The van der Waals surface area contributed by atoms with E-state index in [-0.39, 0.29) is 0 Å². The maximum Gasteiger partial charge on any atom is 0.280 e. The lowest BCUT2D eigenvalue weighted by atomic mass is 10.00. The molecule has 0 spiro atoms. The van der Waals surface area contributed by atoms with Crippen LogP contribution >= 0.6 is 0 Å². The summed E-state index contributed by atoms with van der Waals surface area (Å²) in [5, 5.41) is 6.65. The Hall–Kier alpha value is -2.83. The van der Waals surface area contributed by atoms with E-state index in [9.17, 15) is 9.59 Å². The summed E-state index contributed by atoms with van der Waals surface area (Å²) >= 11 is 0. The number of aryl methyl sites for hydroxylation is 2. The van der Waals surface area contributed by atoms with Gasteiger partial charge in [0, 0.05) is 20.3 Å². The lowest BCUT2D eigenvalue weighted by Gasteiger charge is -2.37. The van der Waals surface area contributed by atoms with Gasteiger partial charge in [-0.1, -0.05) is 6.07 Å². The molecule has 7 nitrogen and oxygen atoms in total. The molecule has 1 aliphatic rings. The van der Waals surface area contributed by atoms with Crippen LogP contribution in [-0.4, -0.2) is 34.2 Å². The summed E-state index contributed by atoms with van der Waals surface area (Å²) in [5.41, 5.74) is 0.539. The Morgan fingerprint density at radius 3 is 2.74 bits per heavy atom. The second-order valence-electron chi connectivity index (χ2n) is 5.83. The third kappa shape index (κ3) is 2.44. The molecule has 0 aliphatic carbocycles. The number of aromatic nitrogens is 2. The summed E-state index contributed by atoms with van der Waals surface area (Å²) in [6.45, 7) is 3.40. The first-order chi connectivity index (χ1) is 10.8. The van der Waals surface area contributed by atoms with Crippen molar-refractivity contribution in [1.29, 1.82) is 0 Å². The number of hydrogen-bond acceptors (Lipinski definition) is 4. The fraction of sp³-hybridized carbons (Fsp3) is 0.312. The van der Waals surface area contributed by atoms with Crippen molar-refractivity contribution in [2.45, 2.75) is 19.4 Å². The Kier molecular flexibility index (Phi) is 3.35. The van der Waals surface area contributed by atoms with Crippen molar-refractivity contribution in [3.05, 3.63) is 36.2 Å². The number of benzene rings is 1. The molecule has 1 aromatic carbocycles. The van der Waals surface area contributed by atoms with E-state index < -0.39 is 17.4 Å². The number of nitrogens with zero attached hydrogens (tertiary/aromatic N) is 3. The minimum absolute atomic E-state index is 0.419. The molecule has 0 saturated carbocycles. The van der Waals surface area contributed by atoms with Crippen LogP contribution < -0.4 is 15.0 Å². The molecule has 1 unspecified atom stereocenters. The van der Waals surface area contributed by atoms with E-state index in [1.807, 2.05) is 19.1 Å². The van der Waals surface area contributed by atoms with E-state index >= 15 is 0 Å². The number of fused-ring (bicyclic) bond motifs is 1. The van der Waals surface area contributed by atoms with Crippen LogP contribution in [0.3, 0.4) is 0 Å². The SMILES string of the molecule is Cc1ccc2c(c1)N(C)C(=O)C(C)(C(=O)Nc1cnn(C)c1)O2. The van der Waals surface area contributed by atoms with Gasteiger partial charge in [0.1, 0.15) is 5.75 Å². The van der Waals surface area contributed by atoms with Gasteiger partial charge < -0.3 is 15.0 Å². The average molecular weight is 314 g/mol. The maximum atomic E-state index is 12.7. The molecule has 2 amide bonds. The third-order valence-electron chi connectivity index (χ3n) is 3.90. The first-order valence-electron chi connectivity index (χ1n) is 7.19. The van der Waals surface area contributed by atoms with Crippen LogP contribution in [0.15, 0.2) is 30.6 Å². The number of hydrogen-bond donors (Lipinski definition) is 1. The van der Waals surface area contributed by atoms with E-state index in [0.29, 0.717) is 17.1 Å². The highest BCUT2D eigenvalue weighted by atomic mass is 16.5. The summed E-state index contributed by atoms with van der Waals surface area (Å²) in [6.07, 6.45) is 3.16. The largest absolute Gasteiger partial charge is 0.465 e. The molecule has 2 aromatic rings. The highest BCUT2D eigenvalue weighted by Gasteiger charge is 2.49. The first-order valence-corrected chi connectivity index (χ1v) is 7.19. The highest BCUT2D eigenvalue weighted by molar-refractivity contribution is 6.19. The van der Waals surface area contributed by atoms with Crippen LogP contribution in [0.2, 0.25) is 0 Å². The van der Waals surface area contributed by atoms with Crippen molar-refractivity contribution < 1.29 is 14.3 Å². The predicted octanol–water partition coefficient (Wildman–Crippen LogP) is 1.48. The summed E-state index contributed by atoms with van der Waals surface area (Å²) < 4.78 is 7.33. The summed E-state index contributed by atoms with van der Waals surface area (Å²) in [7, 11) is 3.38. The summed E-state index contributed by atoms with van der Waals surface area (Å²) in [4.78, 5) is 26.7.